The Balaban J connectivity index is 0.000000267. The van der Waals surface area contributed by atoms with Gasteiger partial charge < -0.3 is 15.1 Å². The lowest BCUT2D eigenvalue weighted by Gasteiger charge is -1.98. The van der Waals surface area contributed by atoms with Crippen LogP contribution in [0.4, 0.5) is 0 Å². The van der Waals surface area contributed by atoms with Gasteiger partial charge in [-0.2, -0.15) is 0 Å². The second kappa shape index (κ2) is 5.55. The summed E-state index contributed by atoms with van der Waals surface area (Å²) in [6, 6.07) is 15.8. The molecule has 0 amide bonds. The summed E-state index contributed by atoms with van der Waals surface area (Å²) in [5.74, 6) is 0. The first-order chi connectivity index (χ1) is 8.66. The van der Waals surface area contributed by atoms with Crippen LogP contribution in [0.25, 0.3) is 22.1 Å². The average Bonchev–Trinajstić information content (AvgIpc) is 2.35. The Morgan fingerprint density at radius 1 is 0.611 bits per heavy atom. The van der Waals surface area contributed by atoms with Crippen LogP contribution in [-0.4, -0.2) is 32.4 Å². The molecule has 0 radical (unpaired) electrons. The third-order valence-corrected chi connectivity index (χ3v) is 2.25. The smallest absolute Gasteiger partial charge is 0.402 e. The Hall–Kier alpha value is -2.02. The van der Waals surface area contributed by atoms with Crippen LogP contribution in [0.1, 0.15) is 0 Å². The zero-order chi connectivity index (χ0) is 13.0. The summed E-state index contributed by atoms with van der Waals surface area (Å²) in [4.78, 5) is 9.03. The van der Waals surface area contributed by atoms with Crippen molar-refractivity contribution in [3.8, 4) is 0 Å². The number of nitrogens with zero attached hydrogens (tertiary/aromatic N) is 2. The van der Waals surface area contributed by atoms with Crippen LogP contribution >= 0.6 is 0 Å². The maximum atomic E-state index is 7.17. The molecule has 0 unspecified atom stereocenters. The summed E-state index contributed by atoms with van der Waals surface area (Å²) in [6.07, 6.45) is 0. The standard InChI is InChI=1S/C12H8N2.BH3O3/c1-2-6-10-9(5-1)13-11-7-3-4-8-12(11)14-10;2-1(3)4/h1-8H;2-4H. The molecule has 3 N–H and O–H groups in total. The minimum absolute atomic E-state index is 0.950. The Morgan fingerprint density at radius 2 is 0.833 bits per heavy atom. The number of rotatable bonds is 0. The first-order valence-electron chi connectivity index (χ1n) is 5.32. The first kappa shape index (κ1) is 12.4. The van der Waals surface area contributed by atoms with E-state index < -0.39 is 7.32 Å². The minimum Gasteiger partial charge on any atom is -0.402 e. The van der Waals surface area contributed by atoms with E-state index in [1.54, 1.807) is 0 Å². The molecule has 3 rings (SSSR count). The van der Waals surface area contributed by atoms with E-state index in [4.69, 9.17) is 15.1 Å². The predicted octanol–water partition coefficient (Wildman–Crippen LogP) is 0.731. The zero-order valence-electron chi connectivity index (χ0n) is 9.43. The van der Waals surface area contributed by atoms with Gasteiger partial charge in [0.2, 0.25) is 0 Å². The predicted molar refractivity (Wildman–Crippen MR) is 69.5 cm³/mol. The highest BCUT2D eigenvalue weighted by Gasteiger charge is 1.98. The van der Waals surface area contributed by atoms with Crippen molar-refractivity contribution in [2.45, 2.75) is 0 Å². The molecule has 0 saturated heterocycles. The van der Waals surface area contributed by atoms with Crippen molar-refractivity contribution in [3.63, 3.8) is 0 Å². The van der Waals surface area contributed by atoms with Gasteiger partial charge in [-0.25, -0.2) is 9.97 Å². The molecule has 1 heterocycles. The normalized spacial score (nSPS) is 9.94. The molecule has 5 nitrogen and oxygen atoms in total. The molecule has 0 aliphatic heterocycles. The minimum atomic E-state index is -2.17. The van der Waals surface area contributed by atoms with Crippen LogP contribution in [0.15, 0.2) is 48.5 Å². The van der Waals surface area contributed by atoms with Crippen LogP contribution < -0.4 is 0 Å². The number of aromatic nitrogens is 2. The van der Waals surface area contributed by atoms with Crippen molar-refractivity contribution >= 4 is 29.4 Å². The van der Waals surface area contributed by atoms with Gasteiger partial charge in [-0.15, -0.1) is 0 Å². The number of hydrogen-bond acceptors (Lipinski definition) is 5. The molecule has 0 aliphatic carbocycles. The Kier molecular flexibility index (Phi) is 3.83. The summed E-state index contributed by atoms with van der Waals surface area (Å²) in [5, 5.41) is 21.5. The molecule has 18 heavy (non-hydrogen) atoms. The molecular weight excluding hydrogens is 231 g/mol. The van der Waals surface area contributed by atoms with Gasteiger partial charge in [0.25, 0.3) is 0 Å². The largest absolute Gasteiger partial charge is 0.631 e. The van der Waals surface area contributed by atoms with Crippen LogP contribution in [0.3, 0.4) is 0 Å². The van der Waals surface area contributed by atoms with Crippen molar-refractivity contribution < 1.29 is 15.1 Å². The summed E-state index contributed by atoms with van der Waals surface area (Å²) in [6.45, 7) is 0. The number of benzene rings is 2. The van der Waals surface area contributed by atoms with Gasteiger partial charge in [0, 0.05) is 0 Å². The Morgan fingerprint density at radius 3 is 1.06 bits per heavy atom. The number of hydrogen-bond donors (Lipinski definition) is 3. The lowest BCUT2D eigenvalue weighted by molar-refractivity contribution is 0.278. The molecule has 3 aromatic rings. The lowest BCUT2D eigenvalue weighted by atomic mass is 10.2. The maximum absolute atomic E-state index is 7.17. The van der Waals surface area contributed by atoms with E-state index >= 15 is 0 Å². The molecule has 0 atom stereocenters. The van der Waals surface area contributed by atoms with Gasteiger partial charge in [0.15, 0.2) is 0 Å². The van der Waals surface area contributed by atoms with E-state index in [1.165, 1.54) is 0 Å². The molecule has 0 saturated carbocycles. The van der Waals surface area contributed by atoms with Gasteiger partial charge in [0.05, 0.1) is 22.1 Å². The van der Waals surface area contributed by atoms with Gasteiger partial charge in [-0.3, -0.25) is 0 Å². The highest BCUT2D eigenvalue weighted by molar-refractivity contribution is 6.30. The van der Waals surface area contributed by atoms with Crippen molar-refractivity contribution in [1.29, 1.82) is 0 Å². The lowest BCUT2D eigenvalue weighted by Crippen LogP contribution is -2.07. The van der Waals surface area contributed by atoms with Gasteiger partial charge in [-0.1, -0.05) is 24.3 Å². The van der Waals surface area contributed by atoms with E-state index in [1.807, 2.05) is 48.5 Å². The van der Waals surface area contributed by atoms with Crippen molar-refractivity contribution in [1.82, 2.24) is 9.97 Å². The second-order valence-electron chi connectivity index (χ2n) is 3.55. The summed E-state index contributed by atoms with van der Waals surface area (Å²) in [7, 11) is -2.17. The van der Waals surface area contributed by atoms with Crippen LogP contribution in [0.2, 0.25) is 0 Å². The van der Waals surface area contributed by atoms with E-state index in [0.717, 1.165) is 22.1 Å². The fraction of sp³-hybridized carbons (Fsp3) is 0. The third kappa shape index (κ3) is 3.01. The highest BCUT2D eigenvalue weighted by atomic mass is 16.5. The van der Waals surface area contributed by atoms with Crippen molar-refractivity contribution in [3.05, 3.63) is 48.5 Å². The van der Waals surface area contributed by atoms with Crippen LogP contribution in [0.5, 0.6) is 0 Å². The first-order valence-corrected chi connectivity index (χ1v) is 5.32. The quantitative estimate of drug-likeness (QED) is 0.399. The van der Waals surface area contributed by atoms with E-state index in [0.29, 0.717) is 0 Å². The molecule has 2 aromatic carbocycles. The molecule has 0 fully saturated rings. The molecule has 0 spiro atoms. The van der Waals surface area contributed by atoms with Gasteiger partial charge in [0.1, 0.15) is 0 Å². The fourth-order valence-corrected chi connectivity index (χ4v) is 1.57. The molecular formula is C12H11BN2O3. The van der Waals surface area contributed by atoms with E-state index in [9.17, 15) is 0 Å². The maximum Gasteiger partial charge on any atom is 0.631 e. The van der Waals surface area contributed by atoms with Crippen LogP contribution in [-0.2, 0) is 0 Å². The number of fused-ring (bicyclic) bond motifs is 2. The topological polar surface area (TPSA) is 86.5 Å². The van der Waals surface area contributed by atoms with Gasteiger partial charge >= 0.3 is 7.32 Å². The second-order valence-corrected chi connectivity index (χ2v) is 3.55. The Labute approximate surface area is 104 Å². The highest BCUT2D eigenvalue weighted by Crippen LogP contribution is 2.14. The van der Waals surface area contributed by atoms with E-state index in [2.05, 4.69) is 9.97 Å². The van der Waals surface area contributed by atoms with E-state index in [-0.39, 0.29) is 0 Å². The fourth-order valence-electron chi connectivity index (χ4n) is 1.57. The molecule has 0 bridgehead atoms. The van der Waals surface area contributed by atoms with Gasteiger partial charge in [-0.05, 0) is 24.3 Å². The average molecular weight is 242 g/mol. The number of para-hydroxylation sites is 4. The summed E-state index contributed by atoms with van der Waals surface area (Å²) < 4.78 is 0. The van der Waals surface area contributed by atoms with Crippen LogP contribution in [0, 0.1) is 0 Å². The SMILES string of the molecule is OB(O)O.c1ccc2nc3ccccc3nc2c1. The summed E-state index contributed by atoms with van der Waals surface area (Å²) >= 11 is 0. The van der Waals surface area contributed by atoms with Crippen molar-refractivity contribution in [2.75, 3.05) is 0 Å². The Bertz CT molecular complexity index is 553. The molecule has 0 aliphatic rings. The zero-order valence-corrected chi connectivity index (χ0v) is 9.43. The third-order valence-electron chi connectivity index (χ3n) is 2.25. The monoisotopic (exact) mass is 242 g/mol. The van der Waals surface area contributed by atoms with Crippen molar-refractivity contribution in [2.24, 2.45) is 0 Å². The molecule has 1 aromatic heterocycles. The molecule has 90 valence electrons. The summed E-state index contributed by atoms with van der Waals surface area (Å²) in [5.41, 5.74) is 3.80. The molecule has 6 heteroatoms.